The van der Waals surface area contributed by atoms with Crippen molar-refractivity contribution < 1.29 is 9.59 Å². The van der Waals surface area contributed by atoms with E-state index < -0.39 is 0 Å². The number of piperazine rings is 1. The van der Waals surface area contributed by atoms with E-state index in [1.54, 1.807) is 13.0 Å². The standard InChI is InChI=1S/C19H20BrN3O2/c1-14(24)22-10-12-23(13-11-22)16-8-6-15(7-9-16)21-19(25)17-4-2-3-5-18(17)20/h2-9H,10-13H2,1H3,(H,21,25). The van der Waals surface area contributed by atoms with Crippen LogP contribution in [0.2, 0.25) is 0 Å². The molecular weight excluding hydrogens is 382 g/mol. The Kier molecular flexibility index (Phi) is 5.38. The number of rotatable bonds is 3. The van der Waals surface area contributed by atoms with Crippen molar-refractivity contribution in [1.29, 1.82) is 0 Å². The Balaban J connectivity index is 1.62. The summed E-state index contributed by atoms with van der Waals surface area (Å²) in [5.74, 6) is -0.0138. The summed E-state index contributed by atoms with van der Waals surface area (Å²) in [6.45, 7) is 4.74. The molecule has 1 aliphatic rings. The van der Waals surface area contributed by atoms with E-state index >= 15 is 0 Å². The molecule has 0 unspecified atom stereocenters. The summed E-state index contributed by atoms with van der Waals surface area (Å²) in [5, 5.41) is 2.91. The molecule has 0 aromatic heterocycles. The molecule has 0 atom stereocenters. The molecule has 2 aromatic carbocycles. The van der Waals surface area contributed by atoms with Crippen LogP contribution in [0.15, 0.2) is 53.0 Å². The molecule has 1 fully saturated rings. The Morgan fingerprint density at radius 2 is 1.60 bits per heavy atom. The number of hydrogen-bond donors (Lipinski definition) is 1. The monoisotopic (exact) mass is 401 g/mol. The zero-order valence-corrected chi connectivity index (χ0v) is 15.6. The van der Waals surface area contributed by atoms with E-state index in [1.165, 1.54) is 0 Å². The fraction of sp³-hybridized carbons (Fsp3) is 0.263. The van der Waals surface area contributed by atoms with Crippen LogP contribution >= 0.6 is 15.9 Å². The summed E-state index contributed by atoms with van der Waals surface area (Å²) >= 11 is 3.39. The summed E-state index contributed by atoms with van der Waals surface area (Å²) < 4.78 is 0.771. The first-order valence-electron chi connectivity index (χ1n) is 8.21. The molecule has 3 rings (SSSR count). The first-order valence-corrected chi connectivity index (χ1v) is 9.00. The molecule has 1 heterocycles. The molecule has 0 aliphatic carbocycles. The lowest BCUT2D eigenvalue weighted by Crippen LogP contribution is -2.48. The highest BCUT2D eigenvalue weighted by Crippen LogP contribution is 2.21. The highest BCUT2D eigenvalue weighted by atomic mass is 79.9. The van der Waals surface area contributed by atoms with Gasteiger partial charge in [0, 0.05) is 49.0 Å². The molecular formula is C19H20BrN3O2. The summed E-state index contributed by atoms with van der Waals surface area (Å²) in [7, 11) is 0. The number of nitrogens with one attached hydrogen (secondary N) is 1. The van der Waals surface area contributed by atoms with Gasteiger partial charge < -0.3 is 15.1 Å². The highest BCUT2D eigenvalue weighted by molar-refractivity contribution is 9.10. The van der Waals surface area contributed by atoms with E-state index in [4.69, 9.17) is 0 Å². The average Bonchev–Trinajstić information content (AvgIpc) is 2.63. The summed E-state index contributed by atoms with van der Waals surface area (Å²) in [4.78, 5) is 27.8. The minimum atomic E-state index is -0.143. The molecule has 0 spiro atoms. The smallest absolute Gasteiger partial charge is 0.256 e. The van der Waals surface area contributed by atoms with Crippen LogP contribution in [-0.2, 0) is 4.79 Å². The molecule has 1 aliphatic heterocycles. The Morgan fingerprint density at radius 1 is 0.960 bits per heavy atom. The Labute approximate surface area is 155 Å². The Morgan fingerprint density at radius 3 is 2.20 bits per heavy atom. The third kappa shape index (κ3) is 4.20. The minimum absolute atomic E-state index is 0.129. The maximum Gasteiger partial charge on any atom is 0.256 e. The second-order valence-electron chi connectivity index (χ2n) is 5.97. The minimum Gasteiger partial charge on any atom is -0.368 e. The lowest BCUT2D eigenvalue weighted by atomic mass is 10.2. The first-order chi connectivity index (χ1) is 12.0. The predicted octanol–water partition coefficient (Wildman–Crippen LogP) is 3.37. The van der Waals surface area contributed by atoms with E-state index in [0.717, 1.165) is 42.0 Å². The van der Waals surface area contributed by atoms with E-state index in [1.807, 2.05) is 47.4 Å². The van der Waals surface area contributed by atoms with Gasteiger partial charge in [-0.3, -0.25) is 9.59 Å². The number of nitrogens with zero attached hydrogens (tertiary/aromatic N) is 2. The second-order valence-corrected chi connectivity index (χ2v) is 6.83. The van der Waals surface area contributed by atoms with Crippen molar-refractivity contribution in [3.63, 3.8) is 0 Å². The summed E-state index contributed by atoms with van der Waals surface area (Å²) in [6.07, 6.45) is 0. The number of carbonyl (C=O) groups is 2. The van der Waals surface area contributed by atoms with Crippen molar-refractivity contribution in [2.75, 3.05) is 36.4 Å². The summed E-state index contributed by atoms with van der Waals surface area (Å²) in [6, 6.07) is 15.1. The van der Waals surface area contributed by atoms with Gasteiger partial charge >= 0.3 is 0 Å². The van der Waals surface area contributed by atoms with Crippen LogP contribution in [0.1, 0.15) is 17.3 Å². The first kappa shape index (κ1) is 17.5. The zero-order valence-electron chi connectivity index (χ0n) is 14.0. The molecule has 5 nitrogen and oxygen atoms in total. The molecule has 1 saturated heterocycles. The van der Waals surface area contributed by atoms with Crippen molar-refractivity contribution >= 4 is 39.1 Å². The normalized spacial score (nSPS) is 14.3. The van der Waals surface area contributed by atoms with Crippen molar-refractivity contribution in [3.05, 3.63) is 58.6 Å². The molecule has 2 amide bonds. The maximum atomic E-state index is 12.3. The van der Waals surface area contributed by atoms with E-state index in [0.29, 0.717) is 5.56 Å². The van der Waals surface area contributed by atoms with Gasteiger partial charge in [-0.05, 0) is 52.3 Å². The number of amides is 2. The zero-order chi connectivity index (χ0) is 17.8. The summed E-state index contributed by atoms with van der Waals surface area (Å²) in [5.41, 5.74) is 2.46. The van der Waals surface area contributed by atoms with Crippen LogP contribution in [0, 0.1) is 0 Å². The van der Waals surface area contributed by atoms with Crippen molar-refractivity contribution in [3.8, 4) is 0 Å². The van der Waals surface area contributed by atoms with E-state index in [-0.39, 0.29) is 11.8 Å². The average molecular weight is 402 g/mol. The van der Waals surface area contributed by atoms with Crippen molar-refractivity contribution in [1.82, 2.24) is 4.90 Å². The quantitative estimate of drug-likeness (QED) is 0.857. The lowest BCUT2D eigenvalue weighted by molar-refractivity contribution is -0.129. The van der Waals surface area contributed by atoms with Gasteiger partial charge in [0.15, 0.2) is 0 Å². The number of halogens is 1. The van der Waals surface area contributed by atoms with Crippen LogP contribution < -0.4 is 10.2 Å². The van der Waals surface area contributed by atoms with Gasteiger partial charge in [0.25, 0.3) is 5.91 Å². The number of carbonyl (C=O) groups excluding carboxylic acids is 2. The number of anilines is 2. The second kappa shape index (κ2) is 7.70. The molecule has 1 N–H and O–H groups in total. The predicted molar refractivity (Wildman–Crippen MR) is 103 cm³/mol. The third-order valence-corrected chi connectivity index (χ3v) is 5.03. The van der Waals surface area contributed by atoms with Gasteiger partial charge in [0.2, 0.25) is 5.91 Å². The van der Waals surface area contributed by atoms with Crippen LogP contribution in [0.3, 0.4) is 0 Å². The molecule has 25 heavy (non-hydrogen) atoms. The van der Waals surface area contributed by atoms with Crippen LogP contribution in [0.4, 0.5) is 11.4 Å². The van der Waals surface area contributed by atoms with Crippen LogP contribution in [0.5, 0.6) is 0 Å². The van der Waals surface area contributed by atoms with Gasteiger partial charge in [-0.25, -0.2) is 0 Å². The largest absolute Gasteiger partial charge is 0.368 e. The van der Waals surface area contributed by atoms with Gasteiger partial charge in [0.05, 0.1) is 5.56 Å². The van der Waals surface area contributed by atoms with Crippen molar-refractivity contribution in [2.24, 2.45) is 0 Å². The van der Waals surface area contributed by atoms with Gasteiger partial charge in [-0.15, -0.1) is 0 Å². The molecule has 0 saturated carbocycles. The molecule has 2 aromatic rings. The van der Waals surface area contributed by atoms with Gasteiger partial charge in [-0.1, -0.05) is 12.1 Å². The van der Waals surface area contributed by atoms with Gasteiger partial charge in [0.1, 0.15) is 0 Å². The highest BCUT2D eigenvalue weighted by Gasteiger charge is 2.18. The van der Waals surface area contributed by atoms with Crippen LogP contribution in [-0.4, -0.2) is 42.9 Å². The fourth-order valence-corrected chi connectivity index (χ4v) is 3.34. The topological polar surface area (TPSA) is 52.7 Å². The molecule has 6 heteroatoms. The third-order valence-electron chi connectivity index (χ3n) is 4.33. The Hall–Kier alpha value is -2.34. The maximum absolute atomic E-state index is 12.3. The van der Waals surface area contributed by atoms with Crippen molar-refractivity contribution in [2.45, 2.75) is 6.92 Å². The molecule has 0 bridgehead atoms. The van der Waals surface area contributed by atoms with E-state index in [2.05, 4.69) is 26.1 Å². The van der Waals surface area contributed by atoms with E-state index in [9.17, 15) is 9.59 Å². The fourth-order valence-electron chi connectivity index (χ4n) is 2.88. The number of hydrogen-bond acceptors (Lipinski definition) is 3. The Bertz CT molecular complexity index is 768. The SMILES string of the molecule is CC(=O)N1CCN(c2ccc(NC(=O)c3ccccc3Br)cc2)CC1. The van der Waals surface area contributed by atoms with Crippen LogP contribution in [0.25, 0.3) is 0 Å². The van der Waals surface area contributed by atoms with Gasteiger partial charge in [-0.2, -0.15) is 0 Å². The molecule has 130 valence electrons. The number of benzene rings is 2. The molecule has 0 radical (unpaired) electrons. The lowest BCUT2D eigenvalue weighted by Gasteiger charge is -2.35.